The summed E-state index contributed by atoms with van der Waals surface area (Å²) in [6.07, 6.45) is 1.41. The van der Waals surface area contributed by atoms with Crippen LogP contribution in [0.1, 0.15) is 25.3 Å². The molecule has 0 aliphatic carbocycles. The molecule has 0 fully saturated rings. The largest absolute Gasteiger partial charge is 0.464 e. The van der Waals surface area contributed by atoms with Gasteiger partial charge < -0.3 is 19.9 Å². The zero-order chi connectivity index (χ0) is 17.1. The van der Waals surface area contributed by atoms with Gasteiger partial charge in [-0.15, -0.1) is 6.58 Å². The minimum atomic E-state index is -1.53. The SMILES string of the molecule is C=CCCC(CO)(NC(=O)OCc1ccccc1)C(=O)OCC. The highest BCUT2D eigenvalue weighted by molar-refractivity contribution is 5.86. The van der Waals surface area contributed by atoms with E-state index in [-0.39, 0.29) is 19.6 Å². The zero-order valence-electron chi connectivity index (χ0n) is 13.3. The lowest BCUT2D eigenvalue weighted by molar-refractivity contribution is -0.153. The molecule has 0 saturated carbocycles. The number of esters is 1. The molecule has 0 aliphatic heterocycles. The van der Waals surface area contributed by atoms with Crippen LogP contribution in [0.25, 0.3) is 0 Å². The number of benzene rings is 1. The van der Waals surface area contributed by atoms with Crippen LogP contribution >= 0.6 is 0 Å². The van der Waals surface area contributed by atoms with Gasteiger partial charge in [-0.25, -0.2) is 9.59 Å². The minimum Gasteiger partial charge on any atom is -0.464 e. The second-order valence-corrected chi connectivity index (χ2v) is 4.97. The fraction of sp³-hybridized carbons (Fsp3) is 0.412. The Morgan fingerprint density at radius 1 is 1.30 bits per heavy atom. The Labute approximate surface area is 136 Å². The number of hydrogen-bond donors (Lipinski definition) is 2. The number of nitrogens with one attached hydrogen (secondary N) is 1. The van der Waals surface area contributed by atoms with Gasteiger partial charge in [-0.05, 0) is 25.3 Å². The molecule has 1 amide bonds. The van der Waals surface area contributed by atoms with Gasteiger partial charge in [0.15, 0.2) is 5.54 Å². The summed E-state index contributed by atoms with van der Waals surface area (Å²) in [7, 11) is 0. The van der Waals surface area contributed by atoms with Gasteiger partial charge >= 0.3 is 12.1 Å². The Morgan fingerprint density at radius 3 is 2.57 bits per heavy atom. The predicted octanol–water partition coefficient (Wildman–Crippen LogP) is 2.17. The van der Waals surface area contributed by atoms with Crippen molar-refractivity contribution >= 4 is 12.1 Å². The van der Waals surface area contributed by atoms with Crippen molar-refractivity contribution in [2.45, 2.75) is 31.9 Å². The van der Waals surface area contributed by atoms with Crippen molar-refractivity contribution in [3.63, 3.8) is 0 Å². The summed E-state index contributed by atoms with van der Waals surface area (Å²) in [6.45, 7) is 4.87. The van der Waals surface area contributed by atoms with Crippen molar-refractivity contribution in [2.75, 3.05) is 13.2 Å². The van der Waals surface area contributed by atoms with E-state index in [4.69, 9.17) is 9.47 Å². The van der Waals surface area contributed by atoms with E-state index in [1.807, 2.05) is 30.3 Å². The molecular formula is C17H23NO5. The summed E-state index contributed by atoms with van der Waals surface area (Å²) in [4.78, 5) is 24.1. The van der Waals surface area contributed by atoms with Crippen molar-refractivity contribution < 1.29 is 24.2 Å². The van der Waals surface area contributed by atoms with Crippen LogP contribution in [0.4, 0.5) is 4.79 Å². The van der Waals surface area contributed by atoms with Gasteiger partial charge in [0.2, 0.25) is 0 Å². The minimum absolute atomic E-state index is 0.0679. The van der Waals surface area contributed by atoms with Crippen LogP contribution in [-0.4, -0.2) is 35.9 Å². The van der Waals surface area contributed by atoms with Gasteiger partial charge in [0.05, 0.1) is 13.2 Å². The zero-order valence-corrected chi connectivity index (χ0v) is 13.3. The van der Waals surface area contributed by atoms with E-state index >= 15 is 0 Å². The molecule has 126 valence electrons. The molecule has 0 radical (unpaired) electrons. The first-order valence-corrected chi connectivity index (χ1v) is 7.46. The predicted molar refractivity (Wildman–Crippen MR) is 85.6 cm³/mol. The fourth-order valence-corrected chi connectivity index (χ4v) is 1.97. The lowest BCUT2D eigenvalue weighted by atomic mass is 9.94. The van der Waals surface area contributed by atoms with Crippen molar-refractivity contribution in [1.29, 1.82) is 0 Å². The maximum Gasteiger partial charge on any atom is 0.408 e. The lowest BCUT2D eigenvalue weighted by Gasteiger charge is -2.29. The molecule has 6 nitrogen and oxygen atoms in total. The van der Waals surface area contributed by atoms with E-state index in [1.165, 1.54) is 0 Å². The van der Waals surface area contributed by atoms with Gasteiger partial charge in [0.1, 0.15) is 6.61 Å². The highest BCUT2D eigenvalue weighted by Gasteiger charge is 2.41. The van der Waals surface area contributed by atoms with Crippen molar-refractivity contribution in [3.05, 3.63) is 48.6 Å². The summed E-state index contributed by atoms with van der Waals surface area (Å²) >= 11 is 0. The molecule has 0 heterocycles. The second-order valence-electron chi connectivity index (χ2n) is 4.97. The number of alkyl carbamates (subject to hydrolysis) is 1. The summed E-state index contributed by atoms with van der Waals surface area (Å²) in [5.41, 5.74) is -0.711. The fourth-order valence-electron chi connectivity index (χ4n) is 1.97. The first-order valence-electron chi connectivity index (χ1n) is 7.46. The number of carbonyl (C=O) groups excluding carboxylic acids is 2. The van der Waals surface area contributed by atoms with E-state index in [0.717, 1.165) is 5.56 Å². The lowest BCUT2D eigenvalue weighted by Crippen LogP contribution is -2.58. The average Bonchev–Trinajstić information content (AvgIpc) is 2.58. The number of ether oxygens (including phenoxy) is 2. The molecular weight excluding hydrogens is 298 g/mol. The Bertz CT molecular complexity index is 517. The first-order chi connectivity index (χ1) is 11.1. The number of aliphatic hydroxyl groups is 1. The van der Waals surface area contributed by atoms with Gasteiger partial charge in [-0.1, -0.05) is 36.4 Å². The number of rotatable bonds is 9. The van der Waals surface area contributed by atoms with Crippen LogP contribution < -0.4 is 5.32 Å². The quantitative estimate of drug-likeness (QED) is 0.538. The summed E-state index contributed by atoms with van der Waals surface area (Å²) in [5.74, 6) is -0.694. The molecule has 2 N–H and O–H groups in total. The summed E-state index contributed by atoms with van der Waals surface area (Å²) < 4.78 is 10.1. The number of allylic oxidation sites excluding steroid dienone is 1. The standard InChI is InChI=1S/C17H23NO5/c1-3-5-11-17(13-19,15(20)22-4-2)18-16(21)23-12-14-9-7-6-8-10-14/h3,6-10,19H,1,4-5,11-13H2,2H3,(H,18,21). The van der Waals surface area contributed by atoms with E-state index in [2.05, 4.69) is 11.9 Å². The van der Waals surface area contributed by atoms with Crippen molar-refractivity contribution in [3.8, 4) is 0 Å². The maximum atomic E-state index is 12.1. The van der Waals surface area contributed by atoms with Crippen molar-refractivity contribution in [1.82, 2.24) is 5.32 Å². The molecule has 0 bridgehead atoms. The van der Waals surface area contributed by atoms with Gasteiger partial charge in [0.25, 0.3) is 0 Å². The van der Waals surface area contributed by atoms with Crippen LogP contribution in [0.15, 0.2) is 43.0 Å². The van der Waals surface area contributed by atoms with Crippen molar-refractivity contribution in [2.24, 2.45) is 0 Å². The third-order valence-corrected chi connectivity index (χ3v) is 3.27. The summed E-state index contributed by atoms with van der Waals surface area (Å²) in [5, 5.41) is 12.1. The molecule has 1 aromatic carbocycles. The number of carbonyl (C=O) groups is 2. The van der Waals surface area contributed by atoms with Crippen LogP contribution in [0.2, 0.25) is 0 Å². The third kappa shape index (κ3) is 5.75. The van der Waals surface area contributed by atoms with Gasteiger partial charge in [-0.3, -0.25) is 0 Å². The molecule has 1 atom stereocenters. The van der Waals surface area contributed by atoms with E-state index in [0.29, 0.717) is 6.42 Å². The maximum absolute atomic E-state index is 12.1. The van der Waals surface area contributed by atoms with Crippen LogP contribution in [0.3, 0.4) is 0 Å². The Kier molecular flexibility index (Phi) is 7.83. The van der Waals surface area contributed by atoms with Crippen LogP contribution in [0.5, 0.6) is 0 Å². The molecule has 1 rings (SSSR count). The molecule has 1 unspecified atom stereocenters. The Balaban J connectivity index is 2.72. The number of hydrogen-bond acceptors (Lipinski definition) is 5. The molecule has 0 aromatic heterocycles. The third-order valence-electron chi connectivity index (χ3n) is 3.27. The van der Waals surface area contributed by atoms with Gasteiger partial charge in [0, 0.05) is 0 Å². The molecule has 23 heavy (non-hydrogen) atoms. The molecule has 0 aliphatic rings. The van der Waals surface area contributed by atoms with Gasteiger partial charge in [-0.2, -0.15) is 0 Å². The monoisotopic (exact) mass is 321 g/mol. The van der Waals surface area contributed by atoms with E-state index in [1.54, 1.807) is 13.0 Å². The second kappa shape index (κ2) is 9.63. The Hall–Kier alpha value is -2.34. The van der Waals surface area contributed by atoms with E-state index < -0.39 is 24.2 Å². The smallest absolute Gasteiger partial charge is 0.408 e. The molecule has 0 saturated heterocycles. The summed E-state index contributed by atoms with van der Waals surface area (Å²) in [6, 6.07) is 9.15. The first kappa shape index (κ1) is 18.7. The Morgan fingerprint density at radius 2 is 2.00 bits per heavy atom. The normalized spacial score (nSPS) is 12.8. The molecule has 6 heteroatoms. The highest BCUT2D eigenvalue weighted by Crippen LogP contribution is 2.16. The highest BCUT2D eigenvalue weighted by atomic mass is 16.6. The van der Waals surface area contributed by atoms with Crippen LogP contribution in [0, 0.1) is 0 Å². The van der Waals surface area contributed by atoms with Crippen LogP contribution in [-0.2, 0) is 20.9 Å². The number of aliphatic hydroxyl groups excluding tert-OH is 1. The average molecular weight is 321 g/mol. The number of amides is 1. The molecule has 1 aromatic rings. The topological polar surface area (TPSA) is 84.9 Å². The van der Waals surface area contributed by atoms with E-state index in [9.17, 15) is 14.7 Å². The molecule has 0 spiro atoms.